The first-order chi connectivity index (χ1) is 9.76. The predicted octanol–water partition coefficient (Wildman–Crippen LogP) is 3.87. The van der Waals surface area contributed by atoms with Crippen LogP contribution in [0.15, 0.2) is 42.5 Å². The standard InChI is InChI=1S/C16H18FNO2/c1-2-10-19-14-8-3-4-9-15(14)20-16-12(11-18)6-5-7-13(16)17/h3-9H,2,10-11,18H2,1H3. The van der Waals surface area contributed by atoms with E-state index in [2.05, 4.69) is 0 Å². The highest BCUT2D eigenvalue weighted by Crippen LogP contribution is 2.34. The summed E-state index contributed by atoms with van der Waals surface area (Å²) in [6, 6.07) is 11.9. The van der Waals surface area contributed by atoms with Crippen molar-refractivity contribution in [3.8, 4) is 17.2 Å². The van der Waals surface area contributed by atoms with Gasteiger partial charge in [-0.2, -0.15) is 0 Å². The lowest BCUT2D eigenvalue weighted by atomic mass is 10.2. The van der Waals surface area contributed by atoms with E-state index in [9.17, 15) is 4.39 Å². The molecule has 0 fully saturated rings. The van der Waals surface area contributed by atoms with Gasteiger partial charge in [0.25, 0.3) is 0 Å². The summed E-state index contributed by atoms with van der Waals surface area (Å²) in [4.78, 5) is 0. The smallest absolute Gasteiger partial charge is 0.169 e. The molecule has 20 heavy (non-hydrogen) atoms. The van der Waals surface area contributed by atoms with E-state index in [4.69, 9.17) is 15.2 Å². The summed E-state index contributed by atoms with van der Waals surface area (Å²) in [7, 11) is 0. The SMILES string of the molecule is CCCOc1ccccc1Oc1c(F)cccc1CN. The summed E-state index contributed by atoms with van der Waals surface area (Å²) in [5.74, 6) is 0.808. The van der Waals surface area contributed by atoms with E-state index in [1.807, 2.05) is 19.1 Å². The largest absolute Gasteiger partial charge is 0.490 e. The maximum absolute atomic E-state index is 13.9. The van der Waals surface area contributed by atoms with Crippen LogP contribution in [0.3, 0.4) is 0 Å². The molecule has 0 aromatic heterocycles. The van der Waals surface area contributed by atoms with Gasteiger partial charge in [-0.3, -0.25) is 0 Å². The van der Waals surface area contributed by atoms with Gasteiger partial charge in [-0.05, 0) is 24.6 Å². The van der Waals surface area contributed by atoms with Crippen LogP contribution in [-0.4, -0.2) is 6.61 Å². The fourth-order valence-electron chi connectivity index (χ4n) is 1.80. The highest BCUT2D eigenvalue weighted by molar-refractivity contribution is 5.45. The number of rotatable bonds is 6. The summed E-state index contributed by atoms with van der Waals surface area (Å²) < 4.78 is 25.2. The number of halogens is 1. The summed E-state index contributed by atoms with van der Waals surface area (Å²) in [5, 5.41) is 0. The van der Waals surface area contributed by atoms with E-state index in [0.717, 1.165) is 6.42 Å². The van der Waals surface area contributed by atoms with Gasteiger partial charge in [0.15, 0.2) is 23.1 Å². The van der Waals surface area contributed by atoms with Crippen LogP contribution in [-0.2, 0) is 6.54 Å². The quantitative estimate of drug-likeness (QED) is 0.870. The average Bonchev–Trinajstić information content (AvgIpc) is 2.48. The van der Waals surface area contributed by atoms with Crippen molar-refractivity contribution in [1.82, 2.24) is 0 Å². The number of para-hydroxylation sites is 3. The highest BCUT2D eigenvalue weighted by atomic mass is 19.1. The minimum atomic E-state index is -0.432. The van der Waals surface area contributed by atoms with E-state index in [-0.39, 0.29) is 12.3 Å². The Morgan fingerprint density at radius 2 is 1.80 bits per heavy atom. The third-order valence-corrected chi connectivity index (χ3v) is 2.79. The van der Waals surface area contributed by atoms with Crippen LogP contribution in [0.1, 0.15) is 18.9 Å². The van der Waals surface area contributed by atoms with Gasteiger partial charge in [0, 0.05) is 12.1 Å². The number of hydrogen-bond donors (Lipinski definition) is 1. The van der Waals surface area contributed by atoms with Crippen molar-refractivity contribution < 1.29 is 13.9 Å². The molecule has 2 N–H and O–H groups in total. The molecule has 0 heterocycles. The molecule has 0 atom stereocenters. The molecule has 2 aromatic carbocycles. The van der Waals surface area contributed by atoms with Gasteiger partial charge in [-0.15, -0.1) is 0 Å². The van der Waals surface area contributed by atoms with E-state index in [1.54, 1.807) is 24.3 Å². The van der Waals surface area contributed by atoms with Gasteiger partial charge < -0.3 is 15.2 Å². The molecule has 0 bridgehead atoms. The molecule has 0 saturated heterocycles. The molecule has 4 heteroatoms. The van der Waals surface area contributed by atoms with Crippen LogP contribution in [0.5, 0.6) is 17.2 Å². The maximum Gasteiger partial charge on any atom is 0.169 e. The zero-order valence-corrected chi connectivity index (χ0v) is 11.4. The number of nitrogens with two attached hydrogens (primary N) is 1. The van der Waals surface area contributed by atoms with Gasteiger partial charge in [0.2, 0.25) is 0 Å². The van der Waals surface area contributed by atoms with Gasteiger partial charge >= 0.3 is 0 Å². The Morgan fingerprint density at radius 3 is 2.50 bits per heavy atom. The first-order valence-electron chi connectivity index (χ1n) is 6.63. The molecule has 0 saturated carbocycles. The molecular weight excluding hydrogens is 257 g/mol. The lowest BCUT2D eigenvalue weighted by Gasteiger charge is -2.14. The maximum atomic E-state index is 13.9. The summed E-state index contributed by atoms with van der Waals surface area (Å²) in [6.45, 7) is 2.82. The topological polar surface area (TPSA) is 44.5 Å². The second-order valence-electron chi connectivity index (χ2n) is 4.33. The van der Waals surface area contributed by atoms with Crippen LogP contribution in [0.25, 0.3) is 0 Å². The Kier molecular flexibility index (Phi) is 4.96. The second-order valence-corrected chi connectivity index (χ2v) is 4.33. The highest BCUT2D eigenvalue weighted by Gasteiger charge is 2.12. The Morgan fingerprint density at radius 1 is 1.05 bits per heavy atom. The Labute approximate surface area is 118 Å². The average molecular weight is 275 g/mol. The van der Waals surface area contributed by atoms with Crippen molar-refractivity contribution in [2.24, 2.45) is 5.73 Å². The normalized spacial score (nSPS) is 10.3. The molecule has 106 valence electrons. The first-order valence-corrected chi connectivity index (χ1v) is 6.63. The van der Waals surface area contributed by atoms with E-state index in [0.29, 0.717) is 23.7 Å². The zero-order chi connectivity index (χ0) is 14.4. The molecule has 0 spiro atoms. The molecule has 3 nitrogen and oxygen atoms in total. The van der Waals surface area contributed by atoms with Gasteiger partial charge in [-0.25, -0.2) is 4.39 Å². The van der Waals surface area contributed by atoms with Gasteiger partial charge in [-0.1, -0.05) is 31.2 Å². The number of ether oxygens (including phenoxy) is 2. The lowest BCUT2D eigenvalue weighted by Crippen LogP contribution is -2.02. The van der Waals surface area contributed by atoms with Crippen molar-refractivity contribution in [3.05, 3.63) is 53.8 Å². The lowest BCUT2D eigenvalue weighted by molar-refractivity contribution is 0.300. The van der Waals surface area contributed by atoms with E-state index < -0.39 is 5.82 Å². The van der Waals surface area contributed by atoms with E-state index in [1.165, 1.54) is 6.07 Å². The van der Waals surface area contributed by atoms with Crippen molar-refractivity contribution >= 4 is 0 Å². The second kappa shape index (κ2) is 6.91. The molecule has 0 amide bonds. The van der Waals surface area contributed by atoms with Crippen molar-refractivity contribution in [3.63, 3.8) is 0 Å². The number of hydrogen-bond acceptors (Lipinski definition) is 3. The van der Waals surface area contributed by atoms with Crippen LogP contribution < -0.4 is 15.2 Å². The molecule has 0 unspecified atom stereocenters. The van der Waals surface area contributed by atoms with Crippen molar-refractivity contribution in [2.75, 3.05) is 6.61 Å². The third kappa shape index (κ3) is 3.27. The minimum absolute atomic E-state index is 0.155. The zero-order valence-electron chi connectivity index (χ0n) is 11.4. The molecule has 0 aliphatic carbocycles. The Hall–Kier alpha value is -2.07. The van der Waals surface area contributed by atoms with E-state index >= 15 is 0 Å². The predicted molar refractivity (Wildman–Crippen MR) is 76.6 cm³/mol. The first kappa shape index (κ1) is 14.3. The fourth-order valence-corrected chi connectivity index (χ4v) is 1.80. The third-order valence-electron chi connectivity index (χ3n) is 2.79. The van der Waals surface area contributed by atoms with Gasteiger partial charge in [0.1, 0.15) is 0 Å². The minimum Gasteiger partial charge on any atom is -0.490 e. The fraction of sp³-hybridized carbons (Fsp3) is 0.250. The van der Waals surface area contributed by atoms with Crippen LogP contribution in [0, 0.1) is 5.82 Å². The molecule has 0 aliphatic heterocycles. The molecule has 0 aliphatic rings. The summed E-state index contributed by atoms with van der Waals surface area (Å²) >= 11 is 0. The summed E-state index contributed by atoms with van der Waals surface area (Å²) in [5.41, 5.74) is 6.23. The van der Waals surface area contributed by atoms with Crippen LogP contribution >= 0.6 is 0 Å². The molecular formula is C16H18FNO2. The summed E-state index contributed by atoms with van der Waals surface area (Å²) in [6.07, 6.45) is 0.891. The monoisotopic (exact) mass is 275 g/mol. The Bertz CT molecular complexity index is 572. The Balaban J connectivity index is 2.30. The van der Waals surface area contributed by atoms with Crippen molar-refractivity contribution in [2.45, 2.75) is 19.9 Å². The van der Waals surface area contributed by atoms with Crippen LogP contribution in [0.4, 0.5) is 4.39 Å². The van der Waals surface area contributed by atoms with Crippen LogP contribution in [0.2, 0.25) is 0 Å². The van der Waals surface area contributed by atoms with Crippen molar-refractivity contribution in [1.29, 1.82) is 0 Å². The molecule has 2 rings (SSSR count). The molecule has 0 radical (unpaired) electrons. The number of benzene rings is 2. The van der Waals surface area contributed by atoms with Gasteiger partial charge in [0.05, 0.1) is 6.61 Å². The molecule has 2 aromatic rings.